The van der Waals surface area contributed by atoms with Crippen molar-refractivity contribution < 1.29 is 4.79 Å². The summed E-state index contributed by atoms with van der Waals surface area (Å²) in [6.45, 7) is 9.22. The highest BCUT2D eigenvalue weighted by atomic mass is 16.1. The van der Waals surface area contributed by atoms with E-state index in [9.17, 15) is 4.79 Å². The van der Waals surface area contributed by atoms with Gasteiger partial charge in [0.1, 0.15) is 5.78 Å². The van der Waals surface area contributed by atoms with Gasteiger partial charge in [-0.1, -0.05) is 59.8 Å². The molecule has 1 aliphatic rings. The summed E-state index contributed by atoms with van der Waals surface area (Å²) in [6, 6.07) is 0. The molecule has 18 heavy (non-hydrogen) atoms. The number of unbranched alkanes of at least 4 members (excludes halogenated alkanes) is 4. The molecule has 1 fully saturated rings. The van der Waals surface area contributed by atoms with Crippen LogP contribution in [0, 0.1) is 17.3 Å². The molecular formula is C17H32O. The van der Waals surface area contributed by atoms with Gasteiger partial charge in [0.2, 0.25) is 0 Å². The Hall–Kier alpha value is -0.330. The van der Waals surface area contributed by atoms with Gasteiger partial charge in [-0.05, 0) is 30.6 Å². The molecule has 0 bridgehead atoms. The van der Waals surface area contributed by atoms with E-state index < -0.39 is 0 Å². The summed E-state index contributed by atoms with van der Waals surface area (Å²) in [4.78, 5) is 12.0. The van der Waals surface area contributed by atoms with E-state index >= 15 is 0 Å². The Balaban J connectivity index is 2.32. The average Bonchev–Trinajstić information content (AvgIpc) is 2.29. The minimum absolute atomic E-state index is 0.376. The molecule has 0 aromatic heterocycles. The first-order valence-corrected chi connectivity index (χ1v) is 7.98. The van der Waals surface area contributed by atoms with Gasteiger partial charge in [0.25, 0.3) is 0 Å². The number of hydrogen-bond donors (Lipinski definition) is 0. The third kappa shape index (κ3) is 5.12. The Labute approximate surface area is 114 Å². The maximum Gasteiger partial charge on any atom is 0.135 e. The quantitative estimate of drug-likeness (QED) is 0.580. The Morgan fingerprint density at radius 1 is 1.11 bits per heavy atom. The first-order valence-electron chi connectivity index (χ1n) is 7.98. The lowest BCUT2D eigenvalue weighted by molar-refractivity contribution is -0.126. The van der Waals surface area contributed by atoms with Gasteiger partial charge < -0.3 is 0 Å². The second kappa shape index (κ2) is 7.31. The molecule has 0 aromatic rings. The third-order valence-corrected chi connectivity index (χ3v) is 4.64. The van der Waals surface area contributed by atoms with E-state index in [1.54, 1.807) is 0 Å². The number of rotatable bonds is 6. The van der Waals surface area contributed by atoms with Gasteiger partial charge in [-0.3, -0.25) is 4.79 Å². The molecular weight excluding hydrogens is 220 g/mol. The number of hydrogen-bond acceptors (Lipinski definition) is 1. The minimum atomic E-state index is 0.376. The Bertz CT molecular complexity index is 249. The molecule has 0 aliphatic heterocycles. The van der Waals surface area contributed by atoms with E-state index in [0.717, 1.165) is 31.6 Å². The Morgan fingerprint density at radius 3 is 2.39 bits per heavy atom. The molecule has 1 rings (SSSR count). The molecule has 2 atom stereocenters. The molecule has 106 valence electrons. The van der Waals surface area contributed by atoms with Gasteiger partial charge in [-0.2, -0.15) is 0 Å². The molecule has 0 N–H and O–H groups in total. The molecule has 0 saturated heterocycles. The molecule has 1 nitrogen and oxygen atoms in total. The largest absolute Gasteiger partial charge is 0.299 e. The Kier molecular flexibility index (Phi) is 6.38. The Morgan fingerprint density at radius 2 is 1.78 bits per heavy atom. The lowest BCUT2D eigenvalue weighted by atomic mass is 9.68. The van der Waals surface area contributed by atoms with E-state index in [1.807, 2.05) is 0 Å². The van der Waals surface area contributed by atoms with Gasteiger partial charge >= 0.3 is 0 Å². The summed E-state index contributed by atoms with van der Waals surface area (Å²) in [5.41, 5.74) is 0.376. The normalized spacial score (nSPS) is 25.4. The summed E-state index contributed by atoms with van der Waals surface area (Å²) >= 11 is 0. The van der Waals surface area contributed by atoms with Crippen LogP contribution in [0.25, 0.3) is 0 Å². The first kappa shape index (κ1) is 15.7. The van der Waals surface area contributed by atoms with Crippen LogP contribution in [-0.4, -0.2) is 5.78 Å². The molecule has 2 unspecified atom stereocenters. The molecule has 0 heterocycles. The molecule has 1 saturated carbocycles. The van der Waals surface area contributed by atoms with Crippen molar-refractivity contribution in [3.8, 4) is 0 Å². The number of carbonyl (C=O) groups is 1. The maximum absolute atomic E-state index is 12.0. The van der Waals surface area contributed by atoms with Crippen LogP contribution in [0.3, 0.4) is 0 Å². The second-order valence-corrected chi connectivity index (χ2v) is 7.20. The minimum Gasteiger partial charge on any atom is -0.299 e. The summed E-state index contributed by atoms with van der Waals surface area (Å²) in [7, 11) is 0. The number of Topliss-reactive ketones (excluding diaryl/α,β-unsaturated/α-hetero) is 1. The predicted octanol–water partition coefficient (Wildman–Crippen LogP) is 5.38. The average molecular weight is 252 g/mol. The standard InChI is InChI=1S/C17H32O/c1-5-6-7-8-9-10-14-13-15(17(2,3)4)11-12-16(14)18/h14-15H,5-13H2,1-4H3. The molecule has 0 amide bonds. The van der Waals surface area contributed by atoms with E-state index in [1.165, 1.54) is 32.1 Å². The first-order chi connectivity index (χ1) is 8.45. The van der Waals surface area contributed by atoms with Crippen LogP contribution in [0.4, 0.5) is 0 Å². The van der Waals surface area contributed by atoms with Crippen LogP contribution >= 0.6 is 0 Å². The van der Waals surface area contributed by atoms with Gasteiger partial charge in [-0.15, -0.1) is 0 Å². The van der Waals surface area contributed by atoms with Crippen molar-refractivity contribution in [1.29, 1.82) is 0 Å². The SMILES string of the molecule is CCCCCCCC1CC(C(C)(C)C)CCC1=O. The van der Waals surface area contributed by atoms with Crippen LogP contribution in [0.15, 0.2) is 0 Å². The van der Waals surface area contributed by atoms with E-state index in [0.29, 0.717) is 17.1 Å². The lowest BCUT2D eigenvalue weighted by Gasteiger charge is -2.37. The summed E-state index contributed by atoms with van der Waals surface area (Å²) in [5, 5.41) is 0. The van der Waals surface area contributed by atoms with Crippen molar-refractivity contribution in [2.75, 3.05) is 0 Å². The van der Waals surface area contributed by atoms with Crippen molar-refractivity contribution in [3.63, 3.8) is 0 Å². The lowest BCUT2D eigenvalue weighted by Crippen LogP contribution is -2.32. The fraction of sp³-hybridized carbons (Fsp3) is 0.941. The highest BCUT2D eigenvalue weighted by Gasteiger charge is 2.34. The summed E-state index contributed by atoms with van der Waals surface area (Å²) in [6.07, 6.45) is 10.8. The van der Waals surface area contributed by atoms with Crippen molar-refractivity contribution in [2.24, 2.45) is 17.3 Å². The van der Waals surface area contributed by atoms with Crippen LogP contribution in [0.2, 0.25) is 0 Å². The smallest absolute Gasteiger partial charge is 0.135 e. The van der Waals surface area contributed by atoms with Gasteiger partial charge in [0.05, 0.1) is 0 Å². The number of ketones is 1. The van der Waals surface area contributed by atoms with Crippen molar-refractivity contribution in [3.05, 3.63) is 0 Å². The van der Waals surface area contributed by atoms with E-state index in [2.05, 4.69) is 27.7 Å². The topological polar surface area (TPSA) is 17.1 Å². The molecule has 1 heteroatoms. The maximum atomic E-state index is 12.0. The molecule has 0 radical (unpaired) electrons. The third-order valence-electron chi connectivity index (χ3n) is 4.64. The van der Waals surface area contributed by atoms with Crippen LogP contribution in [0.5, 0.6) is 0 Å². The highest BCUT2D eigenvalue weighted by molar-refractivity contribution is 5.81. The number of carbonyl (C=O) groups excluding carboxylic acids is 1. The molecule has 1 aliphatic carbocycles. The summed E-state index contributed by atoms with van der Waals surface area (Å²) in [5.74, 6) is 1.67. The van der Waals surface area contributed by atoms with Crippen molar-refractivity contribution in [2.45, 2.75) is 85.5 Å². The van der Waals surface area contributed by atoms with Crippen molar-refractivity contribution >= 4 is 5.78 Å². The highest BCUT2D eigenvalue weighted by Crippen LogP contribution is 2.40. The van der Waals surface area contributed by atoms with E-state index in [4.69, 9.17) is 0 Å². The van der Waals surface area contributed by atoms with Crippen molar-refractivity contribution in [1.82, 2.24) is 0 Å². The van der Waals surface area contributed by atoms with Gasteiger partial charge in [-0.25, -0.2) is 0 Å². The van der Waals surface area contributed by atoms with E-state index in [-0.39, 0.29) is 0 Å². The second-order valence-electron chi connectivity index (χ2n) is 7.20. The zero-order chi connectivity index (χ0) is 13.6. The predicted molar refractivity (Wildman–Crippen MR) is 78.7 cm³/mol. The zero-order valence-electron chi connectivity index (χ0n) is 12.9. The fourth-order valence-electron chi connectivity index (χ4n) is 3.17. The van der Waals surface area contributed by atoms with Gasteiger partial charge in [0, 0.05) is 12.3 Å². The molecule has 0 spiro atoms. The summed E-state index contributed by atoms with van der Waals surface area (Å²) < 4.78 is 0. The van der Waals surface area contributed by atoms with Crippen LogP contribution in [0.1, 0.15) is 85.5 Å². The van der Waals surface area contributed by atoms with Gasteiger partial charge in [0.15, 0.2) is 0 Å². The monoisotopic (exact) mass is 252 g/mol. The molecule has 0 aromatic carbocycles. The zero-order valence-corrected chi connectivity index (χ0v) is 12.9. The van der Waals surface area contributed by atoms with Crippen LogP contribution < -0.4 is 0 Å². The van der Waals surface area contributed by atoms with Crippen LogP contribution in [-0.2, 0) is 4.79 Å². The fourth-order valence-corrected chi connectivity index (χ4v) is 3.17.